The molecule has 0 saturated heterocycles. The molecule has 0 atom stereocenters. The van der Waals surface area contributed by atoms with Gasteiger partial charge in [0.2, 0.25) is 0 Å². The Kier molecular flexibility index (Phi) is 7.05. The lowest BCUT2D eigenvalue weighted by Gasteiger charge is -2.13. The van der Waals surface area contributed by atoms with E-state index in [9.17, 15) is 0 Å². The predicted molar refractivity (Wildman–Crippen MR) is 256 cm³/mol. The fourth-order valence-corrected chi connectivity index (χ4v) is 10.1. The zero-order valence-corrected chi connectivity index (χ0v) is 32.7. The van der Waals surface area contributed by atoms with Crippen molar-refractivity contribution < 1.29 is 0 Å². The van der Waals surface area contributed by atoms with Crippen LogP contribution in [0.1, 0.15) is 0 Å². The quantitative estimate of drug-likeness (QED) is 0.158. The fraction of sp³-hybridized carbons (Fsp3) is 0. The molecule has 60 heavy (non-hydrogen) atoms. The van der Waals surface area contributed by atoms with E-state index in [0.29, 0.717) is 0 Å². The molecule has 278 valence electrons. The maximum Gasteiger partial charge on any atom is 0.0541 e. The van der Waals surface area contributed by atoms with Crippen LogP contribution in [-0.2, 0) is 0 Å². The van der Waals surface area contributed by atoms with Gasteiger partial charge in [-0.1, -0.05) is 146 Å². The molecule has 0 fully saturated rings. The van der Waals surface area contributed by atoms with E-state index in [4.69, 9.17) is 0 Å². The Hall–Kier alpha value is -7.94. The molecule has 13 aromatic rings. The summed E-state index contributed by atoms with van der Waals surface area (Å²) in [4.78, 5) is 0. The molecule has 2 nitrogen and oxygen atoms in total. The van der Waals surface area contributed by atoms with E-state index in [-0.39, 0.29) is 0 Å². The van der Waals surface area contributed by atoms with Gasteiger partial charge in [-0.05, 0) is 138 Å². The molecular formula is C58H36N2. The number of rotatable bonds is 4. The largest absolute Gasteiger partial charge is 0.309 e. The van der Waals surface area contributed by atoms with Crippen LogP contribution < -0.4 is 0 Å². The van der Waals surface area contributed by atoms with Gasteiger partial charge in [0.05, 0.1) is 22.1 Å². The minimum absolute atomic E-state index is 1.16. The number of nitrogens with zero attached hydrogens (tertiary/aromatic N) is 2. The first kappa shape index (κ1) is 33.1. The Balaban J connectivity index is 0.908. The van der Waals surface area contributed by atoms with E-state index in [1.54, 1.807) is 0 Å². The van der Waals surface area contributed by atoms with Crippen LogP contribution >= 0.6 is 0 Å². The Labute approximate surface area is 346 Å². The summed E-state index contributed by atoms with van der Waals surface area (Å²) in [5, 5.41) is 15.3. The van der Waals surface area contributed by atoms with E-state index < -0.39 is 0 Å². The van der Waals surface area contributed by atoms with E-state index in [1.807, 2.05) is 0 Å². The molecule has 11 aromatic carbocycles. The van der Waals surface area contributed by atoms with Gasteiger partial charge in [0, 0.05) is 32.9 Å². The molecular weight excluding hydrogens is 725 g/mol. The van der Waals surface area contributed by atoms with Crippen LogP contribution in [0.2, 0.25) is 0 Å². The molecule has 0 bridgehead atoms. The smallest absolute Gasteiger partial charge is 0.0541 e. The van der Waals surface area contributed by atoms with Crippen molar-refractivity contribution in [2.75, 3.05) is 0 Å². The highest BCUT2D eigenvalue weighted by Crippen LogP contribution is 2.40. The summed E-state index contributed by atoms with van der Waals surface area (Å²) in [5.74, 6) is 0. The first-order valence-electron chi connectivity index (χ1n) is 20.8. The summed E-state index contributed by atoms with van der Waals surface area (Å²) < 4.78 is 4.80. The zero-order chi connectivity index (χ0) is 39.3. The first-order chi connectivity index (χ1) is 29.7. The second-order valence-corrected chi connectivity index (χ2v) is 16.1. The third-order valence-electron chi connectivity index (χ3n) is 12.9. The van der Waals surface area contributed by atoms with Crippen molar-refractivity contribution in [1.82, 2.24) is 9.13 Å². The first-order valence-corrected chi connectivity index (χ1v) is 20.8. The normalized spacial score (nSPS) is 12.0. The summed E-state index contributed by atoms with van der Waals surface area (Å²) in [5.41, 5.74) is 12.1. The van der Waals surface area contributed by atoms with Gasteiger partial charge in [-0.2, -0.15) is 0 Å². The molecule has 0 unspecified atom stereocenters. The number of aromatic nitrogens is 2. The molecule has 0 aliphatic rings. The highest BCUT2D eigenvalue weighted by Gasteiger charge is 2.17. The lowest BCUT2D eigenvalue weighted by Crippen LogP contribution is -1.94. The van der Waals surface area contributed by atoms with Gasteiger partial charge in [0.15, 0.2) is 0 Å². The third-order valence-corrected chi connectivity index (χ3v) is 12.9. The molecule has 13 rings (SSSR count). The summed E-state index contributed by atoms with van der Waals surface area (Å²) >= 11 is 0. The van der Waals surface area contributed by atoms with Crippen molar-refractivity contribution in [3.63, 3.8) is 0 Å². The second-order valence-electron chi connectivity index (χ2n) is 16.1. The molecule has 2 aromatic heterocycles. The van der Waals surface area contributed by atoms with Crippen LogP contribution in [0.5, 0.6) is 0 Å². The minimum Gasteiger partial charge on any atom is -0.309 e. The SMILES string of the molecule is c1ccc(-n2c3ccccc3c3cc(-c4ccc5c(c4)c4ccccc4n5-c4ccc5cc(-c6ccc7c8ccccc8c8ccccc8c7c6)ccc5c4)ccc32)cc1. The van der Waals surface area contributed by atoms with E-state index in [1.165, 1.54) is 115 Å². The van der Waals surface area contributed by atoms with Crippen LogP contribution in [0.3, 0.4) is 0 Å². The summed E-state index contributed by atoms with van der Waals surface area (Å²) in [6.07, 6.45) is 0. The van der Waals surface area contributed by atoms with Gasteiger partial charge in [-0.15, -0.1) is 0 Å². The van der Waals surface area contributed by atoms with E-state index in [2.05, 4.69) is 228 Å². The number of benzene rings is 11. The second kappa shape index (κ2) is 12.8. The lowest BCUT2D eigenvalue weighted by atomic mass is 9.91. The van der Waals surface area contributed by atoms with Crippen molar-refractivity contribution in [1.29, 1.82) is 0 Å². The Morgan fingerprint density at radius 1 is 0.200 bits per heavy atom. The maximum absolute atomic E-state index is 2.43. The molecule has 0 radical (unpaired) electrons. The standard InChI is InChI=1S/C58H36N2/c1-2-12-43(13-3-1)59-55-20-10-8-18-50(55)53-35-41(26-30-57(53)59)42-27-31-58-54(36-42)51-19-9-11-21-56(51)60(58)44-28-24-38-32-37(22-23-39(38)33-44)40-25-29-49-47-16-5-4-14-45(47)46-15-6-7-17-48(46)52(49)34-40/h1-36H. The van der Waals surface area contributed by atoms with Crippen LogP contribution in [0.4, 0.5) is 0 Å². The fourth-order valence-electron chi connectivity index (χ4n) is 10.1. The van der Waals surface area contributed by atoms with Gasteiger partial charge in [0.1, 0.15) is 0 Å². The van der Waals surface area contributed by atoms with Crippen LogP contribution in [0, 0.1) is 0 Å². The van der Waals surface area contributed by atoms with Crippen LogP contribution in [0.15, 0.2) is 218 Å². The molecule has 0 saturated carbocycles. The average molecular weight is 761 g/mol. The van der Waals surface area contributed by atoms with Crippen molar-refractivity contribution >= 4 is 86.7 Å². The van der Waals surface area contributed by atoms with E-state index in [0.717, 1.165) is 5.69 Å². The van der Waals surface area contributed by atoms with E-state index >= 15 is 0 Å². The predicted octanol–water partition coefficient (Wildman–Crippen LogP) is 15.8. The molecule has 0 aliphatic heterocycles. The Morgan fingerprint density at radius 3 is 1.18 bits per heavy atom. The zero-order valence-electron chi connectivity index (χ0n) is 32.7. The van der Waals surface area contributed by atoms with Gasteiger partial charge in [-0.3, -0.25) is 0 Å². The summed E-state index contributed by atoms with van der Waals surface area (Å²) in [6, 6.07) is 80.5. The number of para-hydroxylation sites is 3. The maximum atomic E-state index is 2.43. The van der Waals surface area contributed by atoms with Crippen LogP contribution in [-0.4, -0.2) is 9.13 Å². The van der Waals surface area contributed by atoms with Gasteiger partial charge in [-0.25, -0.2) is 0 Å². The third kappa shape index (κ3) is 4.88. The Morgan fingerprint density at radius 2 is 0.583 bits per heavy atom. The molecule has 2 heteroatoms. The van der Waals surface area contributed by atoms with Crippen molar-refractivity contribution in [3.05, 3.63) is 218 Å². The molecule has 0 N–H and O–H groups in total. The molecule has 0 spiro atoms. The van der Waals surface area contributed by atoms with Crippen molar-refractivity contribution in [2.45, 2.75) is 0 Å². The molecule has 0 amide bonds. The Bertz CT molecular complexity index is 3850. The van der Waals surface area contributed by atoms with Gasteiger partial charge < -0.3 is 9.13 Å². The number of fused-ring (bicyclic) bond motifs is 13. The highest BCUT2D eigenvalue weighted by atomic mass is 15.0. The molecule has 0 aliphatic carbocycles. The van der Waals surface area contributed by atoms with Crippen molar-refractivity contribution in [2.24, 2.45) is 0 Å². The summed E-state index contributed by atoms with van der Waals surface area (Å²) in [7, 11) is 0. The average Bonchev–Trinajstić information content (AvgIpc) is 3.83. The minimum atomic E-state index is 1.16. The lowest BCUT2D eigenvalue weighted by molar-refractivity contribution is 1.18. The van der Waals surface area contributed by atoms with Crippen LogP contribution in [0.25, 0.3) is 120 Å². The van der Waals surface area contributed by atoms with Gasteiger partial charge in [0.25, 0.3) is 0 Å². The monoisotopic (exact) mass is 760 g/mol. The number of hydrogen-bond acceptors (Lipinski definition) is 0. The summed E-state index contributed by atoms with van der Waals surface area (Å²) in [6.45, 7) is 0. The van der Waals surface area contributed by atoms with Gasteiger partial charge >= 0.3 is 0 Å². The molecule has 2 heterocycles. The van der Waals surface area contributed by atoms with Crippen molar-refractivity contribution in [3.8, 4) is 33.6 Å². The topological polar surface area (TPSA) is 9.86 Å². The highest BCUT2D eigenvalue weighted by molar-refractivity contribution is 6.26. The number of hydrogen-bond donors (Lipinski definition) is 0.